The summed E-state index contributed by atoms with van der Waals surface area (Å²) in [7, 11) is 0. The van der Waals surface area contributed by atoms with E-state index in [1.54, 1.807) is 31.2 Å². The summed E-state index contributed by atoms with van der Waals surface area (Å²) < 4.78 is 5.37. The molecule has 0 spiro atoms. The zero-order valence-electron chi connectivity index (χ0n) is 15.9. The monoisotopic (exact) mass is 378 g/mol. The fraction of sp³-hybridized carbons (Fsp3) is 0.318. The number of aryl methyl sites for hydroxylation is 1. The van der Waals surface area contributed by atoms with Gasteiger partial charge in [-0.05, 0) is 44.9 Å². The normalized spacial score (nSPS) is 18.7. The molecule has 4 rings (SSSR count). The van der Waals surface area contributed by atoms with Crippen LogP contribution in [0.3, 0.4) is 0 Å². The largest absolute Gasteiger partial charge is 0.451 e. The molecule has 1 fully saturated rings. The summed E-state index contributed by atoms with van der Waals surface area (Å²) in [5.74, 6) is -0.883. The standard InChI is InChI=1S/C22H22N2O4/c1-13-5-7-15(8-6-13)20(25)14(2)28-22(27)16-9-10-18-17(12-16)23-21(26)19-4-3-11-24(18)19/h5-10,12,14,19H,3-4,11H2,1-2H3,(H,23,26)/t14-,19-/m1/s1. The van der Waals surface area contributed by atoms with Crippen LogP contribution in [0.5, 0.6) is 0 Å². The SMILES string of the molecule is Cc1ccc(C(=O)[C@@H](C)OC(=O)c2ccc3c(c2)NC(=O)[C@H]2CCCN32)cc1. The highest BCUT2D eigenvalue weighted by Crippen LogP contribution is 2.37. The Balaban J connectivity index is 1.49. The van der Waals surface area contributed by atoms with Crippen LogP contribution in [0.4, 0.5) is 11.4 Å². The summed E-state index contributed by atoms with van der Waals surface area (Å²) in [6.07, 6.45) is 0.914. The molecule has 0 aliphatic carbocycles. The Morgan fingerprint density at radius 1 is 1.14 bits per heavy atom. The molecule has 0 aromatic heterocycles. The van der Waals surface area contributed by atoms with Gasteiger partial charge in [-0.25, -0.2) is 4.79 Å². The number of ether oxygens (including phenoxy) is 1. The van der Waals surface area contributed by atoms with Crippen LogP contribution in [0.25, 0.3) is 0 Å². The van der Waals surface area contributed by atoms with Crippen LogP contribution < -0.4 is 10.2 Å². The number of hydrogen-bond acceptors (Lipinski definition) is 5. The number of nitrogens with one attached hydrogen (secondary N) is 1. The number of nitrogens with zero attached hydrogens (tertiary/aromatic N) is 1. The Kier molecular flexibility index (Phi) is 4.63. The molecule has 6 heteroatoms. The van der Waals surface area contributed by atoms with E-state index in [1.165, 1.54) is 0 Å². The average molecular weight is 378 g/mol. The van der Waals surface area contributed by atoms with Crippen molar-refractivity contribution in [1.29, 1.82) is 0 Å². The molecule has 6 nitrogen and oxygen atoms in total. The van der Waals surface area contributed by atoms with E-state index in [1.807, 2.05) is 25.1 Å². The zero-order chi connectivity index (χ0) is 19.8. The lowest BCUT2D eigenvalue weighted by molar-refractivity contribution is -0.117. The molecule has 1 saturated heterocycles. The number of benzene rings is 2. The molecular weight excluding hydrogens is 356 g/mol. The number of ketones is 1. The molecule has 1 amide bonds. The second kappa shape index (κ2) is 7.11. The maximum absolute atomic E-state index is 12.5. The van der Waals surface area contributed by atoms with Crippen LogP contribution in [0.2, 0.25) is 0 Å². The maximum Gasteiger partial charge on any atom is 0.338 e. The fourth-order valence-corrected chi connectivity index (χ4v) is 3.79. The number of esters is 1. The highest BCUT2D eigenvalue weighted by atomic mass is 16.5. The van der Waals surface area contributed by atoms with E-state index in [0.717, 1.165) is 30.6 Å². The average Bonchev–Trinajstić information content (AvgIpc) is 3.18. The number of fused-ring (bicyclic) bond motifs is 3. The Hall–Kier alpha value is -3.15. The van der Waals surface area contributed by atoms with Crippen LogP contribution in [-0.2, 0) is 9.53 Å². The third-order valence-corrected chi connectivity index (χ3v) is 5.34. The smallest absolute Gasteiger partial charge is 0.338 e. The fourth-order valence-electron chi connectivity index (χ4n) is 3.79. The van der Waals surface area contributed by atoms with Crippen molar-refractivity contribution in [3.63, 3.8) is 0 Å². The number of carbonyl (C=O) groups excluding carboxylic acids is 3. The molecule has 2 aliphatic rings. The first-order valence-corrected chi connectivity index (χ1v) is 9.47. The van der Waals surface area contributed by atoms with Gasteiger partial charge in [0.05, 0.1) is 16.9 Å². The van der Waals surface area contributed by atoms with Crippen molar-refractivity contribution >= 4 is 29.0 Å². The minimum absolute atomic E-state index is 0.0431. The van der Waals surface area contributed by atoms with Gasteiger partial charge in [-0.2, -0.15) is 0 Å². The first kappa shape index (κ1) is 18.2. The van der Waals surface area contributed by atoms with E-state index in [9.17, 15) is 14.4 Å². The third kappa shape index (κ3) is 3.26. The van der Waals surface area contributed by atoms with Crippen LogP contribution in [0.15, 0.2) is 42.5 Å². The minimum Gasteiger partial charge on any atom is -0.451 e. The molecule has 0 unspecified atom stereocenters. The van der Waals surface area contributed by atoms with Gasteiger partial charge in [-0.1, -0.05) is 29.8 Å². The highest BCUT2D eigenvalue weighted by Gasteiger charge is 2.36. The van der Waals surface area contributed by atoms with Crippen LogP contribution in [-0.4, -0.2) is 36.4 Å². The summed E-state index contributed by atoms with van der Waals surface area (Å²) in [6.45, 7) is 4.34. The molecule has 0 radical (unpaired) electrons. The van der Waals surface area contributed by atoms with Gasteiger partial charge >= 0.3 is 5.97 Å². The summed E-state index contributed by atoms with van der Waals surface area (Å²) in [5, 5.41) is 2.88. The molecule has 144 valence electrons. The summed E-state index contributed by atoms with van der Waals surface area (Å²) >= 11 is 0. The van der Waals surface area contributed by atoms with E-state index >= 15 is 0 Å². The molecule has 2 aromatic carbocycles. The molecule has 0 saturated carbocycles. The van der Waals surface area contributed by atoms with Crippen molar-refractivity contribution in [2.75, 3.05) is 16.8 Å². The van der Waals surface area contributed by atoms with Gasteiger partial charge < -0.3 is 15.0 Å². The van der Waals surface area contributed by atoms with Crippen LogP contribution >= 0.6 is 0 Å². The quantitative estimate of drug-likeness (QED) is 0.652. The van der Waals surface area contributed by atoms with E-state index in [-0.39, 0.29) is 17.7 Å². The Morgan fingerprint density at radius 3 is 2.61 bits per heavy atom. The summed E-state index contributed by atoms with van der Waals surface area (Å²) in [4.78, 5) is 39.4. The molecule has 2 atom stereocenters. The maximum atomic E-state index is 12.5. The van der Waals surface area contributed by atoms with Crippen LogP contribution in [0.1, 0.15) is 46.0 Å². The first-order chi connectivity index (χ1) is 13.4. The van der Waals surface area contributed by atoms with Gasteiger partial charge in [0.1, 0.15) is 6.04 Å². The molecule has 2 aromatic rings. The lowest BCUT2D eigenvalue weighted by Gasteiger charge is -2.33. The van der Waals surface area contributed by atoms with Crippen LogP contribution in [0, 0.1) is 6.92 Å². The molecule has 2 heterocycles. The van der Waals surface area contributed by atoms with E-state index in [2.05, 4.69) is 10.2 Å². The Labute approximate surface area is 163 Å². The lowest BCUT2D eigenvalue weighted by Crippen LogP contribution is -2.43. The van der Waals surface area contributed by atoms with Gasteiger partial charge in [0.25, 0.3) is 0 Å². The van der Waals surface area contributed by atoms with Gasteiger partial charge in [0, 0.05) is 12.1 Å². The highest BCUT2D eigenvalue weighted by molar-refractivity contribution is 6.06. The minimum atomic E-state index is -0.899. The predicted octanol–water partition coefficient (Wildman–Crippen LogP) is 3.34. The molecule has 2 aliphatic heterocycles. The Bertz CT molecular complexity index is 952. The first-order valence-electron chi connectivity index (χ1n) is 9.47. The van der Waals surface area contributed by atoms with Gasteiger partial charge in [-0.3, -0.25) is 9.59 Å². The number of amides is 1. The van der Waals surface area contributed by atoms with E-state index < -0.39 is 12.1 Å². The predicted molar refractivity (Wildman–Crippen MR) is 106 cm³/mol. The van der Waals surface area contributed by atoms with Crippen molar-refractivity contribution in [2.24, 2.45) is 0 Å². The second-order valence-electron chi connectivity index (χ2n) is 7.35. The summed E-state index contributed by atoms with van der Waals surface area (Å²) in [5.41, 5.74) is 3.39. The lowest BCUT2D eigenvalue weighted by atomic mass is 10.1. The van der Waals surface area contributed by atoms with Crippen molar-refractivity contribution in [3.8, 4) is 0 Å². The van der Waals surface area contributed by atoms with Crippen molar-refractivity contribution in [1.82, 2.24) is 0 Å². The zero-order valence-corrected chi connectivity index (χ0v) is 15.9. The summed E-state index contributed by atoms with van der Waals surface area (Å²) in [6, 6.07) is 12.1. The van der Waals surface area contributed by atoms with Gasteiger partial charge in [-0.15, -0.1) is 0 Å². The molecular formula is C22H22N2O4. The number of carbonyl (C=O) groups is 3. The second-order valence-corrected chi connectivity index (χ2v) is 7.35. The van der Waals surface area contributed by atoms with Gasteiger partial charge in [0.2, 0.25) is 11.7 Å². The third-order valence-electron chi connectivity index (χ3n) is 5.34. The van der Waals surface area contributed by atoms with E-state index in [0.29, 0.717) is 16.8 Å². The number of Topliss-reactive ketones (excluding diaryl/α,β-unsaturated/α-hetero) is 1. The number of hydrogen-bond donors (Lipinski definition) is 1. The topological polar surface area (TPSA) is 75.7 Å². The molecule has 28 heavy (non-hydrogen) atoms. The molecule has 0 bridgehead atoms. The number of rotatable bonds is 4. The van der Waals surface area contributed by atoms with Crippen molar-refractivity contribution < 1.29 is 19.1 Å². The van der Waals surface area contributed by atoms with E-state index in [4.69, 9.17) is 4.74 Å². The molecule has 1 N–H and O–H groups in total. The Morgan fingerprint density at radius 2 is 1.86 bits per heavy atom. The number of anilines is 2. The van der Waals surface area contributed by atoms with Crippen molar-refractivity contribution in [2.45, 2.75) is 38.8 Å². The van der Waals surface area contributed by atoms with Gasteiger partial charge in [0.15, 0.2) is 6.10 Å². The van der Waals surface area contributed by atoms with Crippen molar-refractivity contribution in [3.05, 3.63) is 59.2 Å².